The van der Waals surface area contributed by atoms with Gasteiger partial charge in [0.25, 0.3) is 0 Å². The molecule has 129 valence electrons. The molecule has 0 amide bonds. The van der Waals surface area contributed by atoms with Crippen molar-refractivity contribution in [3.63, 3.8) is 0 Å². The first-order valence-electron chi connectivity index (χ1n) is 8.31. The maximum atomic E-state index is 3.32. The Balaban J connectivity index is 0.00000196. The Morgan fingerprint density at radius 3 is 1.65 bits per heavy atom. The van der Waals surface area contributed by atoms with Gasteiger partial charge in [-0.1, -0.05) is 36.4 Å². The summed E-state index contributed by atoms with van der Waals surface area (Å²) in [5.41, 5.74) is 5.44. The molecule has 0 aliphatic rings. The summed E-state index contributed by atoms with van der Waals surface area (Å²) in [5.74, 6) is 0. The van der Waals surface area contributed by atoms with Crippen molar-refractivity contribution in [1.82, 2.24) is 0 Å². The first-order valence-corrected chi connectivity index (χ1v) is 8.31. The van der Waals surface area contributed by atoms with Gasteiger partial charge in [-0.3, -0.25) is 0 Å². The van der Waals surface area contributed by atoms with Crippen LogP contribution < -0.4 is 4.90 Å². The zero-order valence-corrected chi connectivity index (χ0v) is 16.5. The van der Waals surface area contributed by atoms with Crippen LogP contribution in [0.3, 0.4) is 0 Å². The summed E-state index contributed by atoms with van der Waals surface area (Å²) in [7, 11) is 0. The molecule has 0 saturated carbocycles. The molecule has 0 bridgehead atoms. The molecule has 2 heteroatoms. The summed E-state index contributed by atoms with van der Waals surface area (Å²) in [6.45, 7) is 0. The minimum absolute atomic E-state index is 0. The molecule has 0 spiro atoms. The van der Waals surface area contributed by atoms with Crippen LogP contribution in [0.15, 0.2) is 103 Å². The van der Waals surface area contributed by atoms with Gasteiger partial charge in [0.05, 0.1) is 0 Å². The third-order valence-corrected chi connectivity index (χ3v) is 4.07. The zero-order chi connectivity index (χ0) is 16.9. The van der Waals surface area contributed by atoms with Gasteiger partial charge in [-0.25, -0.2) is 11.1 Å². The molecule has 0 N–H and O–H groups in total. The van der Waals surface area contributed by atoms with Crippen LogP contribution in [-0.4, -0.2) is 0 Å². The summed E-state index contributed by atoms with van der Waals surface area (Å²) in [6, 6.07) is 41.6. The van der Waals surface area contributed by atoms with Crippen LogP contribution in [-0.2, 0) is 20.1 Å². The standard InChI is InChI=1S/C24H17N.Ir/c1-4-11-20(12-5-1)21-13-10-18-24(19-21)25(22-14-6-2-7-15-22)23-16-8-3-9-17-23;/h1-11,14-19H;/q-2;. The third kappa shape index (κ3) is 3.94. The second-order valence-corrected chi connectivity index (χ2v) is 5.74. The number of hydrogen-bond acceptors (Lipinski definition) is 1. The summed E-state index contributed by atoms with van der Waals surface area (Å²) in [4.78, 5) is 2.25. The van der Waals surface area contributed by atoms with Gasteiger partial charge in [-0.05, 0) is 30.0 Å². The molecule has 0 aromatic heterocycles. The van der Waals surface area contributed by atoms with Crippen molar-refractivity contribution in [1.29, 1.82) is 0 Å². The van der Waals surface area contributed by atoms with Crippen molar-refractivity contribution in [2.75, 3.05) is 4.90 Å². The van der Waals surface area contributed by atoms with E-state index in [9.17, 15) is 0 Å². The Labute approximate surface area is 168 Å². The number of benzene rings is 4. The topological polar surface area (TPSA) is 3.24 Å². The molecule has 0 unspecified atom stereocenters. The SMILES string of the molecule is [Ir].[c-]1ccccc1-c1[c-]ccc(N(c2ccccc2)c2ccccc2)c1. The average molecular weight is 512 g/mol. The van der Waals surface area contributed by atoms with Gasteiger partial charge in [0.1, 0.15) is 0 Å². The van der Waals surface area contributed by atoms with Crippen LogP contribution >= 0.6 is 0 Å². The van der Waals surface area contributed by atoms with E-state index in [1.165, 1.54) is 0 Å². The average Bonchev–Trinajstić information content (AvgIpc) is 2.71. The van der Waals surface area contributed by atoms with E-state index >= 15 is 0 Å². The van der Waals surface area contributed by atoms with Crippen molar-refractivity contribution < 1.29 is 20.1 Å². The molecule has 1 nitrogen and oxygen atoms in total. The number of nitrogens with zero attached hydrogens (tertiary/aromatic N) is 1. The van der Waals surface area contributed by atoms with E-state index in [0.717, 1.165) is 28.2 Å². The second-order valence-electron chi connectivity index (χ2n) is 5.74. The van der Waals surface area contributed by atoms with Crippen LogP contribution in [0, 0.1) is 12.1 Å². The van der Waals surface area contributed by atoms with E-state index in [2.05, 4.69) is 83.8 Å². The fourth-order valence-electron chi connectivity index (χ4n) is 2.91. The van der Waals surface area contributed by atoms with Crippen molar-refractivity contribution in [2.45, 2.75) is 0 Å². The molecule has 0 saturated heterocycles. The summed E-state index contributed by atoms with van der Waals surface area (Å²) < 4.78 is 0. The summed E-state index contributed by atoms with van der Waals surface area (Å²) in [5, 5.41) is 0. The fraction of sp³-hybridized carbons (Fsp3) is 0. The maximum absolute atomic E-state index is 3.32. The van der Waals surface area contributed by atoms with Crippen molar-refractivity contribution >= 4 is 17.1 Å². The Hall–Kier alpha value is -2.67. The molecular weight excluding hydrogens is 494 g/mol. The molecule has 1 radical (unpaired) electrons. The molecule has 4 aromatic carbocycles. The van der Waals surface area contributed by atoms with Crippen molar-refractivity contribution in [3.05, 3.63) is 115 Å². The molecule has 0 atom stereocenters. The van der Waals surface area contributed by atoms with Crippen molar-refractivity contribution in [2.24, 2.45) is 0 Å². The Morgan fingerprint density at radius 2 is 1.08 bits per heavy atom. The van der Waals surface area contributed by atoms with Crippen LogP contribution in [0.1, 0.15) is 0 Å². The van der Waals surface area contributed by atoms with Crippen LogP contribution in [0.2, 0.25) is 0 Å². The number of anilines is 3. The van der Waals surface area contributed by atoms with Crippen LogP contribution in [0.4, 0.5) is 17.1 Å². The van der Waals surface area contributed by atoms with Crippen LogP contribution in [0.5, 0.6) is 0 Å². The minimum atomic E-state index is 0. The van der Waals surface area contributed by atoms with E-state index in [0.29, 0.717) is 0 Å². The maximum Gasteiger partial charge on any atom is 0.0443 e. The molecule has 0 aliphatic heterocycles. The molecule has 26 heavy (non-hydrogen) atoms. The fourth-order valence-corrected chi connectivity index (χ4v) is 2.91. The van der Waals surface area contributed by atoms with Gasteiger partial charge in [-0.15, -0.1) is 12.1 Å². The monoisotopic (exact) mass is 512 g/mol. The summed E-state index contributed by atoms with van der Waals surface area (Å²) >= 11 is 0. The van der Waals surface area contributed by atoms with Gasteiger partial charge >= 0.3 is 0 Å². The van der Waals surface area contributed by atoms with Gasteiger partial charge in [0.2, 0.25) is 0 Å². The number of hydrogen-bond donors (Lipinski definition) is 0. The van der Waals surface area contributed by atoms with Gasteiger partial charge in [0.15, 0.2) is 0 Å². The number of para-hydroxylation sites is 2. The minimum Gasteiger partial charge on any atom is -0.329 e. The molecular formula is C24H17IrN-2. The molecule has 4 aromatic rings. The first-order chi connectivity index (χ1) is 12.4. The van der Waals surface area contributed by atoms with E-state index in [4.69, 9.17) is 0 Å². The summed E-state index contributed by atoms with van der Waals surface area (Å²) in [6.07, 6.45) is 0. The smallest absolute Gasteiger partial charge is 0.0443 e. The van der Waals surface area contributed by atoms with Crippen LogP contribution in [0.25, 0.3) is 11.1 Å². The first kappa shape index (κ1) is 18.1. The van der Waals surface area contributed by atoms with E-state index in [-0.39, 0.29) is 20.1 Å². The van der Waals surface area contributed by atoms with E-state index < -0.39 is 0 Å². The second kappa shape index (κ2) is 8.62. The normalized spacial score (nSPS) is 10.0. The van der Waals surface area contributed by atoms with Gasteiger partial charge in [0, 0.05) is 31.5 Å². The van der Waals surface area contributed by atoms with Crippen molar-refractivity contribution in [3.8, 4) is 11.1 Å². The zero-order valence-electron chi connectivity index (χ0n) is 14.1. The number of rotatable bonds is 4. The van der Waals surface area contributed by atoms with E-state index in [1.54, 1.807) is 0 Å². The van der Waals surface area contributed by atoms with E-state index in [1.807, 2.05) is 36.4 Å². The predicted molar refractivity (Wildman–Crippen MR) is 104 cm³/mol. The Morgan fingerprint density at radius 1 is 0.500 bits per heavy atom. The Kier molecular flexibility index (Phi) is 6.01. The molecule has 4 rings (SSSR count). The quantitative estimate of drug-likeness (QED) is 0.286. The van der Waals surface area contributed by atoms with Gasteiger partial charge < -0.3 is 4.90 Å². The largest absolute Gasteiger partial charge is 0.329 e. The van der Waals surface area contributed by atoms with Gasteiger partial charge in [-0.2, -0.15) is 42.5 Å². The molecule has 0 fully saturated rings. The predicted octanol–water partition coefficient (Wildman–Crippen LogP) is 6.42. The Bertz CT molecular complexity index is 898. The molecule has 0 aliphatic carbocycles. The molecule has 0 heterocycles. The third-order valence-electron chi connectivity index (χ3n) is 4.07.